The van der Waals surface area contributed by atoms with Gasteiger partial charge < -0.3 is 10.6 Å². The van der Waals surface area contributed by atoms with Crippen LogP contribution in [-0.4, -0.2) is 54.5 Å². The van der Waals surface area contributed by atoms with Crippen LogP contribution in [0.5, 0.6) is 0 Å². The number of hydrogen-bond acceptors (Lipinski definition) is 3. The quantitative estimate of drug-likeness (QED) is 0.818. The summed E-state index contributed by atoms with van der Waals surface area (Å²) in [7, 11) is 1.97. The molecule has 1 heterocycles. The Hall–Kier alpha value is -0.610. The maximum Gasteiger partial charge on any atom is 0.236 e. The second-order valence-corrected chi connectivity index (χ2v) is 6.13. The summed E-state index contributed by atoms with van der Waals surface area (Å²) in [5.74, 6) is 0.779. The second kappa shape index (κ2) is 6.02. The van der Waals surface area contributed by atoms with E-state index in [1.165, 1.54) is 32.1 Å². The molecule has 0 aromatic heterocycles. The monoisotopic (exact) mass is 253 g/mol. The van der Waals surface area contributed by atoms with Crippen LogP contribution in [0.25, 0.3) is 0 Å². The predicted molar refractivity (Wildman–Crippen MR) is 73.2 cm³/mol. The van der Waals surface area contributed by atoms with Gasteiger partial charge in [-0.3, -0.25) is 9.69 Å². The maximum atomic E-state index is 12.3. The SMILES string of the molecule is CC1CN(CC(=O)N(C)C2CCCCC2)CC1N. The molecule has 2 rings (SSSR count). The van der Waals surface area contributed by atoms with Gasteiger partial charge in [0.25, 0.3) is 0 Å². The highest BCUT2D eigenvalue weighted by atomic mass is 16.2. The highest BCUT2D eigenvalue weighted by Gasteiger charge is 2.29. The molecule has 0 aromatic rings. The van der Waals surface area contributed by atoms with Gasteiger partial charge in [0.1, 0.15) is 0 Å². The number of carbonyl (C=O) groups excluding carboxylic acids is 1. The average molecular weight is 253 g/mol. The van der Waals surface area contributed by atoms with Crippen LogP contribution in [0.2, 0.25) is 0 Å². The molecular weight excluding hydrogens is 226 g/mol. The number of nitrogens with two attached hydrogens (primary N) is 1. The first-order valence-electron chi connectivity index (χ1n) is 7.31. The van der Waals surface area contributed by atoms with E-state index in [2.05, 4.69) is 11.8 Å². The number of likely N-dealkylation sites (N-methyl/N-ethyl adjacent to an activating group) is 1. The molecule has 2 atom stereocenters. The number of hydrogen-bond donors (Lipinski definition) is 1. The summed E-state index contributed by atoms with van der Waals surface area (Å²) in [6.07, 6.45) is 6.23. The first-order chi connectivity index (χ1) is 8.58. The van der Waals surface area contributed by atoms with E-state index in [1.54, 1.807) is 0 Å². The number of rotatable bonds is 3. The number of likely N-dealkylation sites (tertiary alicyclic amines) is 1. The third kappa shape index (κ3) is 3.23. The lowest BCUT2D eigenvalue weighted by Gasteiger charge is -2.32. The van der Waals surface area contributed by atoms with Crippen LogP contribution in [0.15, 0.2) is 0 Å². The van der Waals surface area contributed by atoms with Crippen molar-refractivity contribution in [3.8, 4) is 0 Å². The summed E-state index contributed by atoms with van der Waals surface area (Å²) in [5.41, 5.74) is 6.00. The molecule has 0 spiro atoms. The molecule has 1 saturated carbocycles. The molecule has 4 nitrogen and oxygen atoms in total. The Morgan fingerprint density at radius 1 is 1.28 bits per heavy atom. The van der Waals surface area contributed by atoms with Crippen LogP contribution in [0.4, 0.5) is 0 Å². The van der Waals surface area contributed by atoms with Crippen molar-refractivity contribution < 1.29 is 4.79 Å². The molecule has 2 N–H and O–H groups in total. The highest BCUT2D eigenvalue weighted by molar-refractivity contribution is 5.78. The van der Waals surface area contributed by atoms with Crippen molar-refractivity contribution in [1.29, 1.82) is 0 Å². The van der Waals surface area contributed by atoms with Crippen molar-refractivity contribution >= 4 is 5.91 Å². The van der Waals surface area contributed by atoms with Gasteiger partial charge in [-0.1, -0.05) is 26.2 Å². The van der Waals surface area contributed by atoms with E-state index in [0.29, 0.717) is 18.5 Å². The minimum absolute atomic E-state index is 0.234. The van der Waals surface area contributed by atoms with Gasteiger partial charge in [-0.25, -0.2) is 0 Å². The molecule has 0 bridgehead atoms. The summed E-state index contributed by atoms with van der Waals surface area (Å²) in [4.78, 5) is 16.4. The fourth-order valence-corrected chi connectivity index (χ4v) is 3.20. The molecule has 104 valence electrons. The van der Waals surface area contributed by atoms with Crippen LogP contribution < -0.4 is 5.73 Å². The third-order valence-corrected chi connectivity index (χ3v) is 4.62. The summed E-state index contributed by atoms with van der Waals surface area (Å²) in [5, 5.41) is 0. The van der Waals surface area contributed by atoms with E-state index < -0.39 is 0 Å². The van der Waals surface area contributed by atoms with E-state index in [-0.39, 0.29) is 11.9 Å². The van der Waals surface area contributed by atoms with Crippen LogP contribution >= 0.6 is 0 Å². The minimum Gasteiger partial charge on any atom is -0.342 e. The Bertz CT molecular complexity index is 279. The van der Waals surface area contributed by atoms with Crippen LogP contribution in [0.1, 0.15) is 39.0 Å². The molecule has 4 heteroatoms. The average Bonchev–Trinajstić information content (AvgIpc) is 2.68. The molecule has 1 aliphatic carbocycles. The van der Waals surface area contributed by atoms with Gasteiger partial charge in [0.15, 0.2) is 0 Å². The highest BCUT2D eigenvalue weighted by Crippen LogP contribution is 2.22. The fourth-order valence-electron chi connectivity index (χ4n) is 3.20. The largest absolute Gasteiger partial charge is 0.342 e. The zero-order valence-electron chi connectivity index (χ0n) is 11.8. The molecule has 0 aromatic carbocycles. The standard InChI is InChI=1S/C14H27N3O/c1-11-8-17(9-13(11)15)10-14(18)16(2)12-6-4-3-5-7-12/h11-13H,3-10,15H2,1-2H3. The predicted octanol–water partition coefficient (Wildman–Crippen LogP) is 1.06. The summed E-state index contributed by atoms with van der Waals surface area (Å²) >= 11 is 0. The maximum absolute atomic E-state index is 12.3. The van der Waals surface area contributed by atoms with Crippen molar-refractivity contribution in [2.45, 2.75) is 51.1 Å². The Kier molecular flexibility index (Phi) is 4.62. The zero-order valence-corrected chi connectivity index (χ0v) is 11.8. The lowest BCUT2D eigenvalue weighted by molar-refractivity contribution is -0.133. The Morgan fingerprint density at radius 2 is 1.94 bits per heavy atom. The van der Waals surface area contributed by atoms with Gasteiger partial charge in [0, 0.05) is 32.2 Å². The van der Waals surface area contributed by atoms with E-state index >= 15 is 0 Å². The number of amides is 1. The molecule has 2 fully saturated rings. The molecule has 0 radical (unpaired) electrons. The minimum atomic E-state index is 0.234. The van der Waals surface area contributed by atoms with Crippen molar-refractivity contribution in [3.63, 3.8) is 0 Å². The van der Waals surface area contributed by atoms with Gasteiger partial charge in [-0.15, -0.1) is 0 Å². The summed E-state index contributed by atoms with van der Waals surface area (Å²) < 4.78 is 0. The first-order valence-corrected chi connectivity index (χ1v) is 7.31. The van der Waals surface area contributed by atoms with Gasteiger partial charge in [0.05, 0.1) is 6.54 Å². The smallest absolute Gasteiger partial charge is 0.236 e. The van der Waals surface area contributed by atoms with E-state index in [1.807, 2.05) is 11.9 Å². The second-order valence-electron chi connectivity index (χ2n) is 6.13. The Balaban J connectivity index is 1.80. The number of carbonyl (C=O) groups is 1. The zero-order chi connectivity index (χ0) is 13.1. The van der Waals surface area contributed by atoms with Crippen molar-refractivity contribution in [2.24, 2.45) is 11.7 Å². The molecule has 1 amide bonds. The first kappa shape index (κ1) is 13.8. The third-order valence-electron chi connectivity index (χ3n) is 4.62. The van der Waals surface area contributed by atoms with Crippen molar-refractivity contribution in [1.82, 2.24) is 9.80 Å². The van der Waals surface area contributed by atoms with E-state index in [0.717, 1.165) is 13.1 Å². The topological polar surface area (TPSA) is 49.6 Å². The lowest BCUT2D eigenvalue weighted by Crippen LogP contribution is -2.44. The van der Waals surface area contributed by atoms with Crippen LogP contribution in [0.3, 0.4) is 0 Å². The van der Waals surface area contributed by atoms with Gasteiger partial charge >= 0.3 is 0 Å². The van der Waals surface area contributed by atoms with Crippen LogP contribution in [-0.2, 0) is 4.79 Å². The Labute approximate surface area is 110 Å². The summed E-state index contributed by atoms with van der Waals surface area (Å²) in [6, 6.07) is 0.706. The molecular formula is C14H27N3O. The molecule has 1 aliphatic heterocycles. The lowest BCUT2D eigenvalue weighted by atomic mass is 9.94. The molecule has 2 unspecified atom stereocenters. The molecule has 2 aliphatic rings. The fraction of sp³-hybridized carbons (Fsp3) is 0.929. The molecule has 1 saturated heterocycles. The number of nitrogens with zero attached hydrogens (tertiary/aromatic N) is 2. The van der Waals surface area contributed by atoms with Crippen molar-refractivity contribution in [2.75, 3.05) is 26.7 Å². The van der Waals surface area contributed by atoms with Gasteiger partial charge in [-0.2, -0.15) is 0 Å². The van der Waals surface area contributed by atoms with E-state index in [9.17, 15) is 4.79 Å². The van der Waals surface area contributed by atoms with Crippen molar-refractivity contribution in [3.05, 3.63) is 0 Å². The normalized spacial score (nSPS) is 30.6. The molecule has 18 heavy (non-hydrogen) atoms. The Morgan fingerprint density at radius 3 is 2.50 bits per heavy atom. The van der Waals surface area contributed by atoms with E-state index in [4.69, 9.17) is 5.73 Å². The van der Waals surface area contributed by atoms with Crippen LogP contribution in [0, 0.1) is 5.92 Å². The summed E-state index contributed by atoms with van der Waals surface area (Å²) in [6.45, 7) is 4.54. The van der Waals surface area contributed by atoms with Gasteiger partial charge in [-0.05, 0) is 18.8 Å². The van der Waals surface area contributed by atoms with Gasteiger partial charge in [0.2, 0.25) is 5.91 Å².